The molecule has 8 unspecified atom stereocenters. The quantitative estimate of drug-likeness (QED) is 0.0191. The number of aromatic nitrogens is 8. The number of aromatic hydroxyl groups is 2. The molecule has 0 spiro atoms. The van der Waals surface area contributed by atoms with Crippen LogP contribution in [0.2, 0.25) is 10.0 Å². The molecule has 12 atom stereocenters. The van der Waals surface area contributed by atoms with Gasteiger partial charge in [-0.05, 0) is 115 Å². The number of nitrogen functional groups attached to an aromatic ring is 1. The minimum absolute atomic E-state index is 0.00332. The number of ether oxygens (including phenoxy) is 2. The van der Waals surface area contributed by atoms with Gasteiger partial charge >= 0.3 is 52.6 Å². The number of halogens is 4. The number of benzene rings is 6. The maximum absolute atomic E-state index is 12.7. The molecule has 9 heterocycles. The van der Waals surface area contributed by atoms with Gasteiger partial charge in [-0.3, -0.25) is 56.9 Å². The number of allylic oxidation sites excluding steroid dienone is 8. The zero-order chi connectivity index (χ0) is 93.5. The summed E-state index contributed by atoms with van der Waals surface area (Å²) >= 11 is 24.5. The van der Waals surface area contributed by atoms with E-state index >= 15 is 0 Å². The number of nitrogens with one attached hydrogen (secondary N) is 1. The number of rotatable bonds is 20. The number of phenols is 2. The predicted molar refractivity (Wildman–Crippen MR) is 456 cm³/mol. The Hall–Kier alpha value is -10.1. The minimum atomic E-state index is -5.84. The van der Waals surface area contributed by atoms with E-state index < -0.39 is 131 Å². The molecule has 55 heteroatoms. The molecule has 7 aromatic rings. The standard InChI is InChI=1S/C25H25Cl2N6O13P3.C22H22N3O16P3.C15H11Cl2NO2.C12H7NO3/c1-25(2)12-5-11(3-4-14(12)32-15-6-13(26)22(35)20(27)19(15)25)44-48(38,39)46-49(40,41)45-47(36,37)42-8-17-16(34)7-18(43-17)33-10-31-21-23(28)29-9-30-24(21)33;1-11-9-25(22(29)24-21(11)28)20-8-16(27)19(38-20)10-36-42(30,31)40-44(34,35)41-43(32,33)39-13-3-5-15-18(7-13)37-17-6-12(26)2-4-14(17)23-15;1-15(2)8-5-7(19)3-4-10(8)18-11-6-9(16)14(20)13(17)12(11)15;14-7-1-3-9-11(5-7)16-12-6-8(15)2-4-10(12)13-9/h3-6,9-10,16-18,34H,7-8H2,1-2H3,(H,36,37)(H,38,39)(H,40,41)(H2,28,29,30);2-7,9,16,19-20,27H,8,10H2,1H3,(H,30,31)(H,32,33)(H,34,35)(H,24,28,29);3-6,20H,1-2H3;1-6,14H/t16?,17-,18-;16?,19-,20-;;/m11../s1. The molecule has 4 aromatic carbocycles. The van der Waals surface area contributed by atoms with E-state index in [9.17, 15) is 106 Å². The van der Waals surface area contributed by atoms with Crippen LogP contribution in [0.5, 0.6) is 23.0 Å². The molecule has 678 valence electrons. The number of aryl methyl sites for hydroxylation is 1. The van der Waals surface area contributed by atoms with Gasteiger partial charge in [-0.25, -0.2) is 67.1 Å². The number of aromatic amines is 1. The number of H-pyrrole nitrogens is 1. The number of aliphatic imine (C=N–C) groups is 2. The van der Waals surface area contributed by atoms with Crippen molar-refractivity contribution in [1.82, 2.24) is 39.0 Å². The highest BCUT2D eigenvalue weighted by molar-refractivity contribution is 7.67. The number of hydrogen-bond donors (Lipinski definition) is 12. The number of phosphoric ester groups is 4. The number of nitrogens with two attached hydrogens (primary N) is 1. The highest BCUT2D eigenvalue weighted by atomic mass is 35.5. The lowest BCUT2D eigenvalue weighted by Gasteiger charge is -2.36. The van der Waals surface area contributed by atoms with Crippen LogP contribution in [-0.2, 0) is 83.6 Å². The summed E-state index contributed by atoms with van der Waals surface area (Å²) in [4.78, 5) is 162. The Balaban J connectivity index is 0.000000152. The molecule has 2 fully saturated rings. The summed E-state index contributed by atoms with van der Waals surface area (Å²) in [6.45, 7) is 6.97. The molecule has 13 N–H and O–H groups in total. The number of anilines is 1. The van der Waals surface area contributed by atoms with Crippen molar-refractivity contribution < 1.29 is 140 Å². The number of aliphatic hydroxyl groups excluding tert-OH is 2. The maximum Gasteiger partial charge on any atom is 0.536 e. The molecule has 4 aliphatic carbocycles. The number of carbonyl (C=O) groups is 2. The van der Waals surface area contributed by atoms with Gasteiger partial charge in [0, 0.05) is 70.8 Å². The Labute approximate surface area is 741 Å². The van der Waals surface area contributed by atoms with Crippen LogP contribution >= 0.6 is 93.3 Å². The van der Waals surface area contributed by atoms with Crippen LogP contribution in [-0.4, -0.2) is 149 Å². The number of hydrogen-bond acceptors (Lipinski definition) is 36. The van der Waals surface area contributed by atoms with Crippen LogP contribution in [0.25, 0.3) is 56.3 Å². The fourth-order valence-electron chi connectivity index (χ4n) is 13.8. The lowest BCUT2D eigenvalue weighted by molar-refractivity contribution is -0.111. The molecule has 45 nitrogen and oxygen atoms in total. The van der Waals surface area contributed by atoms with Crippen molar-refractivity contribution in [2.45, 2.75) is 95.2 Å². The lowest BCUT2D eigenvalue weighted by atomic mass is 9.71. The van der Waals surface area contributed by atoms with Gasteiger partial charge in [0.05, 0.1) is 74.7 Å². The molecule has 10 aliphatic rings. The second-order valence-electron chi connectivity index (χ2n) is 29.4. The van der Waals surface area contributed by atoms with Crippen molar-refractivity contribution in [2.24, 2.45) is 9.98 Å². The summed E-state index contributed by atoms with van der Waals surface area (Å²) in [7, 11) is -33.8. The summed E-state index contributed by atoms with van der Waals surface area (Å²) in [6, 6.07) is 21.9. The monoisotopic (exact) mass is 1980 g/mol. The van der Waals surface area contributed by atoms with Crippen LogP contribution in [0.15, 0.2) is 199 Å². The van der Waals surface area contributed by atoms with Gasteiger partial charge < -0.3 is 73.1 Å². The van der Waals surface area contributed by atoms with E-state index in [0.29, 0.717) is 67.7 Å². The number of Topliss-reactive ketones (excluding diaryl/α,β-unsaturated/α-hetero) is 1. The molecular weight excluding hydrogens is 1910 g/mol. The summed E-state index contributed by atoms with van der Waals surface area (Å²) in [5, 5.41) is 40.0. The Bertz CT molecular complexity index is 7200. The first-order valence-corrected chi connectivity index (χ1v) is 47.4. The highest BCUT2D eigenvalue weighted by Crippen LogP contribution is 2.69. The summed E-state index contributed by atoms with van der Waals surface area (Å²) in [6.07, 6.45) is 2.45. The van der Waals surface area contributed by atoms with E-state index in [0.717, 1.165) is 34.1 Å². The van der Waals surface area contributed by atoms with Gasteiger partial charge in [-0.15, -0.1) is 0 Å². The van der Waals surface area contributed by atoms with E-state index in [1.807, 2.05) is 13.8 Å². The normalized spacial score (nSPS) is 21.8. The third kappa shape index (κ3) is 21.3. The fourth-order valence-corrected chi connectivity index (χ4v) is 22.2. The first kappa shape index (κ1) is 95.0. The second-order valence-corrected chi connectivity index (χ2v) is 40.1. The van der Waals surface area contributed by atoms with Crippen LogP contribution in [0.4, 0.5) is 17.2 Å². The highest BCUT2D eigenvalue weighted by Gasteiger charge is 2.49. The third-order valence-corrected chi connectivity index (χ3v) is 29.4. The smallest absolute Gasteiger partial charge is 0.508 e. The van der Waals surface area contributed by atoms with Crippen molar-refractivity contribution in [2.75, 3.05) is 18.9 Å². The number of fused-ring (bicyclic) bond motifs is 9. The van der Waals surface area contributed by atoms with E-state index in [1.54, 1.807) is 50.3 Å². The maximum atomic E-state index is 12.7. The third-order valence-electron chi connectivity index (χ3n) is 19.6. The van der Waals surface area contributed by atoms with E-state index in [-0.39, 0.29) is 101 Å². The Morgan fingerprint density at radius 3 is 1.71 bits per heavy atom. The van der Waals surface area contributed by atoms with Crippen molar-refractivity contribution in [3.63, 3.8) is 0 Å². The first-order chi connectivity index (χ1) is 60.3. The second kappa shape index (κ2) is 36.2. The number of phenolic OH excluding ortho intramolecular Hbond substituents is 2. The number of aliphatic hydroxyl groups is 2. The zero-order valence-electron chi connectivity index (χ0n) is 66.1. The molecule has 6 aliphatic heterocycles. The number of carbonyl (C=O) groups excluding carboxylic acids is 2. The van der Waals surface area contributed by atoms with E-state index in [4.69, 9.17) is 84.0 Å². The van der Waals surface area contributed by atoms with Crippen LogP contribution in [0.3, 0.4) is 0 Å². The Morgan fingerprint density at radius 2 is 1.12 bits per heavy atom. The first-order valence-electron chi connectivity index (χ1n) is 36.9. The van der Waals surface area contributed by atoms with Gasteiger partial charge in [-0.1, -0.05) is 74.1 Å². The van der Waals surface area contributed by atoms with Crippen LogP contribution < -0.4 is 36.9 Å². The van der Waals surface area contributed by atoms with Gasteiger partial charge in [-0.2, -0.15) is 17.2 Å². The zero-order valence-corrected chi connectivity index (χ0v) is 74.5. The average molecular weight is 1980 g/mol. The van der Waals surface area contributed by atoms with Gasteiger partial charge in [0.2, 0.25) is 5.78 Å². The summed E-state index contributed by atoms with van der Waals surface area (Å²) in [5.74, 6) is -0.882. The molecule has 0 amide bonds. The summed E-state index contributed by atoms with van der Waals surface area (Å²) in [5.41, 5.74) is 9.60. The Kier molecular flexibility index (Phi) is 26.7. The Morgan fingerprint density at radius 1 is 0.589 bits per heavy atom. The van der Waals surface area contributed by atoms with Crippen LogP contribution in [0, 0.1) is 6.92 Å². The molecular formula is C74H65Cl4N11O34P6. The molecule has 0 saturated carbocycles. The SMILES string of the molecule is CC1(C)C2=C(Cl)C(=O)C(Cl)=CC2=Nc2ccc(OP(=O)(O)OP(=O)(O)OP(=O)(O)OC[C@H]3O[C@@H](n4cnc5c(N)ncnc54)CC3O)cc21.CC1(C)C2=CC(=O)C=CC2=Nc2cc(Cl)c(O)c(Cl)c21.Cc1cn([C@H]2CC(O)[C@@H](COP(=O)(O)OP(=O)(O)OP(=O)(O)Oc3ccc4nc5ccc(=O)cc-5oc4c3)O2)c(=O)[nH]c1=O.O=c1ccc2nc3ccc(O)cc3oc-2c1. The van der Waals surface area contributed by atoms with Crippen molar-refractivity contribution >= 4 is 167 Å². The molecule has 129 heavy (non-hydrogen) atoms. The van der Waals surface area contributed by atoms with E-state index in [1.165, 1.54) is 97.1 Å². The number of nitrogens with zero attached hydrogens (tertiary/aromatic N) is 9. The molecule has 3 aromatic heterocycles. The minimum Gasteiger partial charge on any atom is -0.508 e. The molecule has 0 bridgehead atoms. The van der Waals surface area contributed by atoms with Gasteiger partial charge in [0.25, 0.3) is 5.56 Å². The van der Waals surface area contributed by atoms with Crippen molar-refractivity contribution in [1.29, 1.82) is 0 Å². The number of imidazole rings is 1. The molecule has 2 saturated heterocycles. The van der Waals surface area contributed by atoms with Crippen molar-refractivity contribution in [3.05, 3.63) is 229 Å². The molecule has 17 rings (SSSR count). The largest absolute Gasteiger partial charge is 0.536 e. The van der Waals surface area contributed by atoms with Crippen LogP contribution in [0.1, 0.15) is 69.7 Å². The number of ketones is 2. The van der Waals surface area contributed by atoms with E-state index in [2.05, 4.69) is 61.7 Å². The topological polar surface area (TPSA) is 667 Å². The number of phosphoric acid groups is 6. The van der Waals surface area contributed by atoms with Gasteiger partial charge in [0.15, 0.2) is 56.5 Å². The fraction of sp³-hybridized carbons (Fsp3) is 0.230. The predicted octanol–water partition coefficient (Wildman–Crippen LogP) is 11.7. The van der Waals surface area contributed by atoms with Crippen molar-refractivity contribution in [3.8, 4) is 45.9 Å². The summed E-state index contributed by atoms with van der Waals surface area (Å²) < 4.78 is 135. The average Bonchev–Trinajstić information content (AvgIpc) is 1.71. The van der Waals surface area contributed by atoms with Gasteiger partial charge in [0.1, 0.15) is 76.2 Å². The molecule has 0 radical (unpaired) electrons. The lowest BCUT2D eigenvalue weighted by Crippen LogP contribution is -2.33.